The van der Waals surface area contributed by atoms with E-state index < -0.39 is 0 Å². The van der Waals surface area contributed by atoms with E-state index in [0.717, 1.165) is 15.7 Å². The minimum absolute atomic E-state index is 0.0164. The van der Waals surface area contributed by atoms with Gasteiger partial charge in [-0.25, -0.2) is 0 Å². The second kappa shape index (κ2) is 4.89. The summed E-state index contributed by atoms with van der Waals surface area (Å²) in [4.78, 5) is 0. The van der Waals surface area contributed by atoms with Gasteiger partial charge in [-0.05, 0) is 34.7 Å². The summed E-state index contributed by atoms with van der Waals surface area (Å²) in [6.45, 7) is 0. The first-order valence-electron chi connectivity index (χ1n) is 4.80. The predicted molar refractivity (Wildman–Crippen MR) is 68.6 cm³/mol. The Balaban J connectivity index is 2.01. The molecule has 1 aromatic carbocycles. The van der Waals surface area contributed by atoms with Gasteiger partial charge in [0.25, 0.3) is 0 Å². The smallest absolute Gasteiger partial charge is 0.133 e. The number of benzene rings is 1. The Labute approximate surface area is 108 Å². The molecule has 1 aliphatic carbocycles. The molecule has 0 radical (unpaired) electrons. The summed E-state index contributed by atoms with van der Waals surface area (Å²) in [5.74, 6) is 0.911. The Kier molecular flexibility index (Phi) is 3.74. The number of hydrogen-bond acceptors (Lipinski definition) is 2. The standard InChI is InChI=1S/C11H12ClIO2/c1-14-11-7(12)6-10(11)15-9-5-3-2-4-8(9)13/h2-5,7,10-11H,6H2,1H3. The first-order chi connectivity index (χ1) is 7.22. The number of methoxy groups -OCH3 is 1. The van der Waals surface area contributed by atoms with E-state index in [4.69, 9.17) is 21.1 Å². The van der Waals surface area contributed by atoms with E-state index in [-0.39, 0.29) is 17.6 Å². The molecule has 15 heavy (non-hydrogen) atoms. The molecule has 0 aromatic heterocycles. The summed E-state index contributed by atoms with van der Waals surface area (Å²) >= 11 is 8.27. The minimum atomic E-state index is 0.0164. The number of hydrogen-bond donors (Lipinski definition) is 0. The second-order valence-corrected chi connectivity index (χ2v) is 5.26. The SMILES string of the molecule is COC1C(Cl)CC1Oc1ccccc1I. The van der Waals surface area contributed by atoms with Crippen molar-refractivity contribution in [1.82, 2.24) is 0 Å². The molecule has 0 aliphatic heterocycles. The van der Waals surface area contributed by atoms with Gasteiger partial charge in [-0.2, -0.15) is 0 Å². The van der Waals surface area contributed by atoms with Gasteiger partial charge in [0.1, 0.15) is 18.0 Å². The third-order valence-electron chi connectivity index (χ3n) is 2.57. The fourth-order valence-corrected chi connectivity index (χ4v) is 2.60. The van der Waals surface area contributed by atoms with Crippen LogP contribution in [0.15, 0.2) is 24.3 Å². The van der Waals surface area contributed by atoms with Crippen molar-refractivity contribution < 1.29 is 9.47 Å². The maximum atomic E-state index is 6.01. The molecule has 4 heteroatoms. The number of rotatable bonds is 3. The third kappa shape index (κ3) is 2.40. The van der Waals surface area contributed by atoms with E-state index >= 15 is 0 Å². The lowest BCUT2D eigenvalue weighted by atomic mass is 9.91. The largest absolute Gasteiger partial charge is 0.486 e. The number of ether oxygens (including phenoxy) is 2. The average molecular weight is 339 g/mol. The molecular weight excluding hydrogens is 326 g/mol. The number of alkyl halides is 1. The van der Waals surface area contributed by atoms with Crippen LogP contribution in [-0.4, -0.2) is 24.7 Å². The zero-order valence-corrected chi connectivity index (χ0v) is 11.2. The van der Waals surface area contributed by atoms with E-state index in [9.17, 15) is 0 Å². The first kappa shape index (κ1) is 11.5. The highest BCUT2D eigenvalue weighted by Crippen LogP contribution is 2.33. The summed E-state index contributed by atoms with van der Waals surface area (Å²) in [5.41, 5.74) is 0. The lowest BCUT2D eigenvalue weighted by molar-refractivity contribution is -0.0586. The molecule has 1 aliphatic rings. The first-order valence-corrected chi connectivity index (χ1v) is 6.32. The van der Waals surface area contributed by atoms with Crippen LogP contribution in [0.2, 0.25) is 0 Å². The van der Waals surface area contributed by atoms with E-state index in [1.54, 1.807) is 7.11 Å². The van der Waals surface area contributed by atoms with Crippen molar-refractivity contribution in [1.29, 1.82) is 0 Å². The average Bonchev–Trinajstić information content (AvgIpc) is 2.20. The Hall–Kier alpha value is -0.000000000000000111. The highest BCUT2D eigenvalue weighted by Gasteiger charge is 2.42. The van der Waals surface area contributed by atoms with Crippen LogP contribution in [0.3, 0.4) is 0 Å². The van der Waals surface area contributed by atoms with Crippen molar-refractivity contribution in [2.24, 2.45) is 0 Å². The van der Waals surface area contributed by atoms with Crippen LogP contribution < -0.4 is 4.74 Å². The molecule has 3 atom stereocenters. The molecule has 3 unspecified atom stereocenters. The maximum Gasteiger partial charge on any atom is 0.133 e. The Morgan fingerprint density at radius 3 is 2.73 bits per heavy atom. The zero-order chi connectivity index (χ0) is 10.8. The maximum absolute atomic E-state index is 6.01. The summed E-state index contributed by atoms with van der Waals surface area (Å²) in [6.07, 6.45) is 0.960. The molecule has 0 heterocycles. The van der Waals surface area contributed by atoms with Crippen LogP contribution >= 0.6 is 34.2 Å². The van der Waals surface area contributed by atoms with Gasteiger partial charge in [0, 0.05) is 13.5 Å². The van der Waals surface area contributed by atoms with Crippen LogP contribution in [0.1, 0.15) is 6.42 Å². The fraction of sp³-hybridized carbons (Fsp3) is 0.455. The molecule has 2 nitrogen and oxygen atoms in total. The van der Waals surface area contributed by atoms with E-state index in [2.05, 4.69) is 22.6 Å². The van der Waals surface area contributed by atoms with Gasteiger partial charge in [-0.15, -0.1) is 11.6 Å². The van der Waals surface area contributed by atoms with Crippen LogP contribution in [0.5, 0.6) is 5.75 Å². The van der Waals surface area contributed by atoms with Crippen molar-refractivity contribution in [2.75, 3.05) is 7.11 Å². The second-order valence-electron chi connectivity index (χ2n) is 3.54. The highest BCUT2D eigenvalue weighted by molar-refractivity contribution is 14.1. The molecule has 2 rings (SSSR count). The molecule has 1 aromatic rings. The van der Waals surface area contributed by atoms with Gasteiger partial charge >= 0.3 is 0 Å². The van der Waals surface area contributed by atoms with Crippen molar-refractivity contribution in [3.8, 4) is 5.75 Å². The quantitative estimate of drug-likeness (QED) is 0.623. The Bertz CT molecular complexity index is 345. The molecule has 0 N–H and O–H groups in total. The van der Waals surface area contributed by atoms with Crippen molar-refractivity contribution in [2.45, 2.75) is 24.0 Å². The van der Waals surface area contributed by atoms with Crippen LogP contribution in [0.25, 0.3) is 0 Å². The molecule has 0 bridgehead atoms. The van der Waals surface area contributed by atoms with Gasteiger partial charge in [0.2, 0.25) is 0 Å². The van der Waals surface area contributed by atoms with E-state index in [1.807, 2.05) is 24.3 Å². The van der Waals surface area contributed by atoms with Crippen molar-refractivity contribution in [3.05, 3.63) is 27.8 Å². The topological polar surface area (TPSA) is 18.5 Å². The van der Waals surface area contributed by atoms with Crippen LogP contribution in [0.4, 0.5) is 0 Å². The molecule has 0 saturated heterocycles. The lowest BCUT2D eigenvalue weighted by Crippen LogP contribution is -2.52. The Morgan fingerprint density at radius 2 is 2.13 bits per heavy atom. The monoisotopic (exact) mass is 338 g/mol. The van der Waals surface area contributed by atoms with E-state index in [1.165, 1.54) is 0 Å². The molecule has 82 valence electrons. The van der Waals surface area contributed by atoms with Crippen molar-refractivity contribution in [3.63, 3.8) is 0 Å². The van der Waals surface area contributed by atoms with Gasteiger partial charge < -0.3 is 9.47 Å². The summed E-state index contributed by atoms with van der Waals surface area (Å²) in [7, 11) is 1.67. The van der Waals surface area contributed by atoms with Crippen molar-refractivity contribution >= 4 is 34.2 Å². The summed E-state index contributed by atoms with van der Waals surface area (Å²) in [5, 5.41) is 0.0846. The predicted octanol–water partition coefficient (Wildman–Crippen LogP) is 3.06. The molecule has 1 fully saturated rings. The number of halogens is 2. The Morgan fingerprint density at radius 1 is 1.40 bits per heavy atom. The molecule has 0 amide bonds. The molecular formula is C11H12ClIO2. The lowest BCUT2D eigenvalue weighted by Gasteiger charge is -2.39. The van der Waals surface area contributed by atoms with Gasteiger partial charge in [0.15, 0.2) is 0 Å². The zero-order valence-electron chi connectivity index (χ0n) is 8.32. The van der Waals surface area contributed by atoms with Crippen LogP contribution in [0, 0.1) is 3.57 Å². The normalized spacial score (nSPS) is 29.7. The van der Waals surface area contributed by atoms with E-state index in [0.29, 0.717) is 0 Å². The highest BCUT2D eigenvalue weighted by atomic mass is 127. The van der Waals surface area contributed by atoms with Gasteiger partial charge in [0.05, 0.1) is 8.95 Å². The summed E-state index contributed by atoms with van der Waals surface area (Å²) in [6, 6.07) is 7.95. The van der Waals surface area contributed by atoms with Gasteiger partial charge in [-0.3, -0.25) is 0 Å². The molecule has 0 spiro atoms. The minimum Gasteiger partial charge on any atom is -0.486 e. The summed E-state index contributed by atoms with van der Waals surface area (Å²) < 4.78 is 12.2. The number of para-hydroxylation sites is 1. The van der Waals surface area contributed by atoms with Gasteiger partial charge in [-0.1, -0.05) is 12.1 Å². The fourth-order valence-electron chi connectivity index (χ4n) is 1.65. The van der Waals surface area contributed by atoms with Crippen LogP contribution in [-0.2, 0) is 4.74 Å². The third-order valence-corrected chi connectivity index (χ3v) is 3.89. The molecule has 1 saturated carbocycles.